The predicted octanol–water partition coefficient (Wildman–Crippen LogP) is 2.30. The molecule has 0 bridgehead atoms. The van der Waals surface area contributed by atoms with Crippen LogP contribution in [-0.4, -0.2) is 17.8 Å². The molecular weight excluding hydrogens is 174 g/mol. The van der Waals surface area contributed by atoms with Crippen molar-refractivity contribution in [3.63, 3.8) is 0 Å². The number of aliphatic hydroxyl groups excluding tert-OH is 1. The summed E-state index contributed by atoms with van der Waals surface area (Å²) < 4.78 is 0. The highest BCUT2D eigenvalue weighted by Crippen LogP contribution is 2.46. The molecular formula is C12H25NO. The van der Waals surface area contributed by atoms with Crippen molar-refractivity contribution in [2.45, 2.75) is 59.0 Å². The highest BCUT2D eigenvalue weighted by molar-refractivity contribution is 4.93. The van der Waals surface area contributed by atoms with Crippen molar-refractivity contribution >= 4 is 0 Å². The minimum Gasteiger partial charge on any atom is -0.393 e. The lowest BCUT2D eigenvalue weighted by Gasteiger charge is -2.45. The molecule has 0 saturated heterocycles. The monoisotopic (exact) mass is 199 g/mol. The van der Waals surface area contributed by atoms with E-state index in [-0.39, 0.29) is 11.5 Å². The molecule has 0 aromatic rings. The van der Waals surface area contributed by atoms with Crippen molar-refractivity contribution < 1.29 is 5.11 Å². The Morgan fingerprint density at radius 2 is 1.71 bits per heavy atom. The highest BCUT2D eigenvalue weighted by atomic mass is 16.3. The molecule has 1 saturated carbocycles. The van der Waals surface area contributed by atoms with Crippen molar-refractivity contribution in [3.8, 4) is 0 Å². The molecule has 1 fully saturated rings. The summed E-state index contributed by atoms with van der Waals surface area (Å²) in [5, 5.41) is 10.0. The summed E-state index contributed by atoms with van der Waals surface area (Å²) in [6.07, 6.45) is 5.19. The van der Waals surface area contributed by atoms with Gasteiger partial charge >= 0.3 is 0 Å². The third kappa shape index (κ3) is 2.29. The summed E-state index contributed by atoms with van der Waals surface area (Å²) in [5.74, 6) is 0. The van der Waals surface area contributed by atoms with E-state index in [1.807, 2.05) is 6.92 Å². The molecule has 0 radical (unpaired) electrons. The van der Waals surface area contributed by atoms with E-state index in [1.165, 1.54) is 12.8 Å². The molecule has 2 heteroatoms. The second-order valence-electron chi connectivity index (χ2n) is 5.65. The van der Waals surface area contributed by atoms with Crippen LogP contribution in [0.15, 0.2) is 0 Å². The van der Waals surface area contributed by atoms with Gasteiger partial charge in [0.2, 0.25) is 0 Å². The molecule has 3 N–H and O–H groups in total. The predicted molar refractivity (Wildman–Crippen MR) is 60.0 cm³/mol. The van der Waals surface area contributed by atoms with Crippen molar-refractivity contribution in [2.24, 2.45) is 16.6 Å². The van der Waals surface area contributed by atoms with Gasteiger partial charge in [-0.05, 0) is 37.5 Å². The van der Waals surface area contributed by atoms with Crippen molar-refractivity contribution in [1.29, 1.82) is 0 Å². The van der Waals surface area contributed by atoms with Gasteiger partial charge in [-0.25, -0.2) is 0 Å². The van der Waals surface area contributed by atoms with Gasteiger partial charge in [0.25, 0.3) is 0 Å². The Morgan fingerprint density at radius 3 is 2.07 bits per heavy atom. The first-order valence-electron chi connectivity index (χ1n) is 5.84. The van der Waals surface area contributed by atoms with E-state index in [2.05, 4.69) is 13.8 Å². The van der Waals surface area contributed by atoms with Crippen LogP contribution in [0.25, 0.3) is 0 Å². The topological polar surface area (TPSA) is 46.2 Å². The normalized spacial score (nSPS) is 27.2. The molecule has 0 amide bonds. The molecule has 14 heavy (non-hydrogen) atoms. The lowest BCUT2D eigenvalue weighted by molar-refractivity contribution is -0.0232. The van der Waals surface area contributed by atoms with Gasteiger partial charge in [-0.15, -0.1) is 0 Å². The maximum absolute atomic E-state index is 10.0. The molecule has 84 valence electrons. The molecule has 1 atom stereocenters. The Hall–Kier alpha value is -0.0800. The zero-order valence-corrected chi connectivity index (χ0v) is 9.84. The Balaban J connectivity index is 2.66. The van der Waals surface area contributed by atoms with Gasteiger partial charge in [0.1, 0.15) is 0 Å². The van der Waals surface area contributed by atoms with Gasteiger partial charge in [0.15, 0.2) is 0 Å². The average molecular weight is 199 g/mol. The minimum absolute atomic E-state index is 0.0181. The minimum atomic E-state index is -0.205. The average Bonchev–Trinajstić information content (AvgIpc) is 2.18. The van der Waals surface area contributed by atoms with Crippen LogP contribution < -0.4 is 5.73 Å². The van der Waals surface area contributed by atoms with E-state index < -0.39 is 0 Å². The van der Waals surface area contributed by atoms with E-state index in [0.29, 0.717) is 12.0 Å². The smallest absolute Gasteiger partial charge is 0.0605 e. The lowest BCUT2D eigenvalue weighted by atomic mass is 9.62. The van der Waals surface area contributed by atoms with E-state index in [9.17, 15) is 5.11 Å². The Bertz CT molecular complexity index is 179. The quantitative estimate of drug-likeness (QED) is 0.732. The lowest BCUT2D eigenvalue weighted by Crippen LogP contribution is -2.45. The molecule has 0 heterocycles. The maximum atomic E-state index is 10.0. The highest BCUT2D eigenvalue weighted by Gasteiger charge is 2.41. The zero-order chi connectivity index (χ0) is 10.8. The maximum Gasteiger partial charge on any atom is 0.0605 e. The van der Waals surface area contributed by atoms with Gasteiger partial charge in [-0.2, -0.15) is 0 Å². The van der Waals surface area contributed by atoms with Crippen molar-refractivity contribution in [2.75, 3.05) is 6.54 Å². The number of nitrogens with two attached hydrogens (primary N) is 1. The molecule has 1 aliphatic carbocycles. The number of aliphatic hydroxyl groups is 1. The third-order valence-corrected chi connectivity index (χ3v) is 4.10. The first-order chi connectivity index (χ1) is 6.46. The first kappa shape index (κ1) is 12.0. The molecule has 0 aliphatic heterocycles. The third-order valence-electron chi connectivity index (χ3n) is 4.10. The van der Waals surface area contributed by atoms with Crippen LogP contribution in [0.4, 0.5) is 0 Å². The fourth-order valence-electron chi connectivity index (χ4n) is 2.53. The van der Waals surface area contributed by atoms with Crippen LogP contribution in [0, 0.1) is 10.8 Å². The number of hydrogen-bond donors (Lipinski definition) is 2. The summed E-state index contributed by atoms with van der Waals surface area (Å²) in [5.41, 5.74) is 6.31. The van der Waals surface area contributed by atoms with E-state index in [4.69, 9.17) is 5.73 Å². The van der Waals surface area contributed by atoms with Crippen molar-refractivity contribution in [1.82, 2.24) is 0 Å². The van der Waals surface area contributed by atoms with Crippen LogP contribution in [0.5, 0.6) is 0 Å². The molecule has 0 aromatic heterocycles. The van der Waals surface area contributed by atoms with Crippen molar-refractivity contribution in [3.05, 3.63) is 0 Å². The fourth-order valence-corrected chi connectivity index (χ4v) is 2.53. The van der Waals surface area contributed by atoms with E-state index >= 15 is 0 Å². The Labute approximate surface area is 87.9 Å². The van der Waals surface area contributed by atoms with E-state index in [0.717, 1.165) is 19.3 Å². The molecule has 1 unspecified atom stereocenters. The molecule has 0 aromatic carbocycles. The summed E-state index contributed by atoms with van der Waals surface area (Å²) >= 11 is 0. The summed E-state index contributed by atoms with van der Waals surface area (Å²) in [6, 6.07) is 0. The summed E-state index contributed by atoms with van der Waals surface area (Å²) in [4.78, 5) is 0. The Kier molecular flexibility index (Phi) is 3.59. The summed E-state index contributed by atoms with van der Waals surface area (Å²) in [7, 11) is 0. The van der Waals surface area contributed by atoms with E-state index in [1.54, 1.807) is 0 Å². The van der Waals surface area contributed by atoms with Gasteiger partial charge in [-0.3, -0.25) is 0 Å². The van der Waals surface area contributed by atoms with Crippen LogP contribution in [-0.2, 0) is 0 Å². The molecule has 1 rings (SSSR count). The van der Waals surface area contributed by atoms with Crippen LogP contribution >= 0.6 is 0 Å². The first-order valence-corrected chi connectivity index (χ1v) is 5.84. The van der Waals surface area contributed by atoms with Crippen LogP contribution in [0.3, 0.4) is 0 Å². The molecule has 1 aliphatic rings. The molecule has 0 spiro atoms. The van der Waals surface area contributed by atoms with Crippen LogP contribution in [0.1, 0.15) is 52.9 Å². The van der Waals surface area contributed by atoms with Gasteiger partial charge in [0.05, 0.1) is 6.10 Å². The van der Waals surface area contributed by atoms with Gasteiger partial charge in [-0.1, -0.05) is 20.8 Å². The fraction of sp³-hybridized carbons (Fsp3) is 1.00. The second-order valence-corrected chi connectivity index (χ2v) is 5.65. The van der Waals surface area contributed by atoms with Gasteiger partial charge < -0.3 is 10.8 Å². The summed E-state index contributed by atoms with van der Waals surface area (Å²) in [6.45, 7) is 7.30. The number of hydrogen-bond acceptors (Lipinski definition) is 2. The second kappa shape index (κ2) is 4.19. The Morgan fingerprint density at radius 1 is 1.21 bits per heavy atom. The number of rotatable bonds is 3. The zero-order valence-electron chi connectivity index (χ0n) is 9.84. The SMILES string of the molecule is CCC(O)C1(CN)CCC(C)(C)CC1. The van der Waals surface area contributed by atoms with Gasteiger partial charge in [0, 0.05) is 12.0 Å². The van der Waals surface area contributed by atoms with Crippen LogP contribution in [0.2, 0.25) is 0 Å². The standard InChI is InChI=1S/C12H25NO/c1-4-10(14)12(9-13)7-5-11(2,3)6-8-12/h10,14H,4-9,13H2,1-3H3. The largest absolute Gasteiger partial charge is 0.393 e. The molecule has 2 nitrogen and oxygen atoms in total.